The van der Waals surface area contributed by atoms with E-state index in [0.717, 1.165) is 11.3 Å². The molecule has 0 aromatic carbocycles. The largest absolute Gasteiger partial charge is 0.219 e. The van der Waals surface area contributed by atoms with Gasteiger partial charge in [-0.1, -0.05) is 20.8 Å². The minimum atomic E-state index is 0.0574. The first kappa shape index (κ1) is 9.12. The van der Waals surface area contributed by atoms with E-state index in [-0.39, 0.29) is 5.41 Å². The van der Waals surface area contributed by atoms with E-state index < -0.39 is 0 Å². The maximum absolute atomic E-state index is 4.39. The lowest BCUT2D eigenvalue weighted by Crippen LogP contribution is -2.12. The lowest BCUT2D eigenvalue weighted by molar-refractivity contribution is 0.589. The highest BCUT2D eigenvalue weighted by molar-refractivity contribution is 5.52. The summed E-state index contributed by atoms with van der Waals surface area (Å²) >= 11 is 0. The van der Waals surface area contributed by atoms with Gasteiger partial charge in [-0.15, -0.1) is 5.10 Å². The van der Waals surface area contributed by atoms with Gasteiger partial charge in [0.25, 0.3) is 0 Å². The summed E-state index contributed by atoms with van der Waals surface area (Å²) in [4.78, 5) is 0. The highest BCUT2D eigenvalue weighted by atomic mass is 15.3. The third kappa shape index (κ3) is 1.27. The number of aryl methyl sites for hydroxylation is 1. The van der Waals surface area contributed by atoms with Crippen LogP contribution in [0.15, 0.2) is 12.4 Å². The maximum atomic E-state index is 4.39. The van der Waals surface area contributed by atoms with E-state index in [2.05, 4.69) is 36.1 Å². The smallest absolute Gasteiger partial charge is 0.181 e. The fourth-order valence-electron chi connectivity index (χ4n) is 1.79. The summed E-state index contributed by atoms with van der Waals surface area (Å²) in [5, 5.41) is 12.4. The Kier molecular flexibility index (Phi) is 1.80. The van der Waals surface area contributed by atoms with Crippen LogP contribution in [0.3, 0.4) is 0 Å². The Labute approximate surface area is 83.0 Å². The lowest BCUT2D eigenvalue weighted by Gasteiger charge is -2.17. The molecule has 2 rings (SSSR count). The Morgan fingerprint density at radius 3 is 2.64 bits per heavy atom. The van der Waals surface area contributed by atoms with Gasteiger partial charge in [-0.05, 0) is 12.3 Å². The highest BCUT2D eigenvalue weighted by Crippen LogP contribution is 2.27. The molecule has 0 unspecified atom stereocenters. The second kappa shape index (κ2) is 2.77. The van der Waals surface area contributed by atoms with Crippen LogP contribution in [0.1, 0.15) is 32.0 Å². The molecule has 0 amide bonds. The number of rotatable bonds is 0. The quantitative estimate of drug-likeness (QED) is 0.635. The molecule has 4 heteroatoms. The molecule has 0 bridgehead atoms. The molecular formula is C10H14N4. The molecule has 2 aromatic rings. The van der Waals surface area contributed by atoms with Crippen LogP contribution in [-0.2, 0) is 5.41 Å². The van der Waals surface area contributed by atoms with E-state index in [0.29, 0.717) is 0 Å². The predicted molar refractivity (Wildman–Crippen MR) is 54.2 cm³/mol. The van der Waals surface area contributed by atoms with E-state index in [9.17, 15) is 0 Å². The first-order valence-corrected chi connectivity index (χ1v) is 4.67. The molecule has 74 valence electrons. The summed E-state index contributed by atoms with van der Waals surface area (Å²) in [5.74, 6) is 0. The highest BCUT2D eigenvalue weighted by Gasteiger charge is 2.23. The summed E-state index contributed by atoms with van der Waals surface area (Å²) in [6.45, 7) is 8.48. The third-order valence-corrected chi connectivity index (χ3v) is 2.24. The Hall–Kier alpha value is -1.45. The van der Waals surface area contributed by atoms with Crippen LogP contribution in [0.5, 0.6) is 0 Å². The van der Waals surface area contributed by atoms with Crippen molar-refractivity contribution in [2.45, 2.75) is 33.1 Å². The minimum absolute atomic E-state index is 0.0574. The molecule has 0 spiro atoms. The Morgan fingerprint density at radius 1 is 1.29 bits per heavy atom. The molecule has 0 N–H and O–H groups in total. The van der Waals surface area contributed by atoms with Crippen LogP contribution >= 0.6 is 0 Å². The van der Waals surface area contributed by atoms with Crippen LogP contribution in [0.2, 0.25) is 0 Å². The second-order valence-corrected chi connectivity index (χ2v) is 4.49. The summed E-state index contributed by atoms with van der Waals surface area (Å²) < 4.78 is 1.78. The van der Waals surface area contributed by atoms with E-state index in [1.165, 1.54) is 5.56 Å². The molecule has 0 aliphatic rings. The molecule has 2 heterocycles. The van der Waals surface area contributed by atoms with Crippen molar-refractivity contribution in [2.75, 3.05) is 0 Å². The van der Waals surface area contributed by atoms with Gasteiger partial charge in [-0.3, -0.25) is 0 Å². The monoisotopic (exact) mass is 190 g/mol. The van der Waals surface area contributed by atoms with Crippen molar-refractivity contribution in [3.8, 4) is 0 Å². The van der Waals surface area contributed by atoms with E-state index in [1.54, 1.807) is 10.7 Å². The zero-order chi connectivity index (χ0) is 10.3. The van der Waals surface area contributed by atoms with Gasteiger partial charge in [0.1, 0.15) is 0 Å². The van der Waals surface area contributed by atoms with Gasteiger partial charge >= 0.3 is 0 Å². The fourth-order valence-corrected chi connectivity index (χ4v) is 1.79. The van der Waals surface area contributed by atoms with Gasteiger partial charge in [-0.25, -0.2) is 4.52 Å². The summed E-state index contributed by atoms with van der Waals surface area (Å²) in [6, 6.07) is 0. The number of fused-ring (bicyclic) bond motifs is 1. The number of hydrogen-bond donors (Lipinski definition) is 0. The molecule has 4 nitrogen and oxygen atoms in total. The predicted octanol–water partition coefficient (Wildman–Crippen LogP) is 1.73. The molecular weight excluding hydrogens is 176 g/mol. The molecule has 0 atom stereocenters. The first-order valence-electron chi connectivity index (χ1n) is 4.67. The average molecular weight is 190 g/mol. The van der Waals surface area contributed by atoms with Gasteiger partial charge in [0.2, 0.25) is 0 Å². The lowest BCUT2D eigenvalue weighted by atomic mass is 9.87. The van der Waals surface area contributed by atoms with Crippen LogP contribution in [-0.4, -0.2) is 19.8 Å². The Bertz CT molecular complexity index is 464. The van der Waals surface area contributed by atoms with E-state index >= 15 is 0 Å². The SMILES string of the molecule is Cc1nn2ccnnc2c1C(C)(C)C. The second-order valence-electron chi connectivity index (χ2n) is 4.49. The van der Waals surface area contributed by atoms with Gasteiger partial charge in [-0.2, -0.15) is 10.2 Å². The third-order valence-electron chi connectivity index (χ3n) is 2.24. The minimum Gasteiger partial charge on any atom is -0.219 e. The van der Waals surface area contributed by atoms with Gasteiger partial charge in [0.15, 0.2) is 5.65 Å². The fraction of sp³-hybridized carbons (Fsp3) is 0.500. The van der Waals surface area contributed by atoms with Crippen molar-refractivity contribution >= 4 is 5.65 Å². The molecule has 0 fully saturated rings. The number of aromatic nitrogens is 4. The molecule has 0 saturated carbocycles. The van der Waals surface area contributed by atoms with Crippen LogP contribution in [0.4, 0.5) is 0 Å². The topological polar surface area (TPSA) is 43.1 Å². The molecule has 0 radical (unpaired) electrons. The molecule has 0 aliphatic carbocycles. The number of hydrogen-bond acceptors (Lipinski definition) is 3. The first-order chi connectivity index (χ1) is 6.50. The Balaban J connectivity index is 2.81. The molecule has 2 aromatic heterocycles. The van der Waals surface area contributed by atoms with Gasteiger partial charge in [0.05, 0.1) is 18.1 Å². The van der Waals surface area contributed by atoms with E-state index in [1.807, 2.05) is 13.1 Å². The van der Waals surface area contributed by atoms with Crippen molar-refractivity contribution in [1.82, 2.24) is 19.8 Å². The summed E-state index contributed by atoms with van der Waals surface area (Å²) in [7, 11) is 0. The van der Waals surface area contributed by atoms with Crippen molar-refractivity contribution in [3.63, 3.8) is 0 Å². The van der Waals surface area contributed by atoms with Gasteiger partial charge < -0.3 is 0 Å². The normalized spacial score (nSPS) is 12.3. The van der Waals surface area contributed by atoms with Crippen molar-refractivity contribution in [2.24, 2.45) is 0 Å². The zero-order valence-corrected chi connectivity index (χ0v) is 8.94. The van der Waals surface area contributed by atoms with Crippen molar-refractivity contribution in [3.05, 3.63) is 23.7 Å². The van der Waals surface area contributed by atoms with Crippen molar-refractivity contribution < 1.29 is 0 Å². The maximum Gasteiger partial charge on any atom is 0.181 e. The van der Waals surface area contributed by atoms with E-state index in [4.69, 9.17) is 0 Å². The van der Waals surface area contributed by atoms with Crippen molar-refractivity contribution in [1.29, 1.82) is 0 Å². The van der Waals surface area contributed by atoms with Crippen LogP contribution in [0.25, 0.3) is 5.65 Å². The van der Waals surface area contributed by atoms with Crippen LogP contribution in [0, 0.1) is 6.92 Å². The average Bonchev–Trinajstić information content (AvgIpc) is 2.38. The number of nitrogens with zero attached hydrogens (tertiary/aromatic N) is 4. The van der Waals surface area contributed by atoms with Crippen LogP contribution < -0.4 is 0 Å². The molecule has 0 aliphatic heterocycles. The standard InChI is InChI=1S/C10H14N4/c1-7-8(10(2,3)4)9-12-11-5-6-14(9)13-7/h5-6H,1-4H3. The van der Waals surface area contributed by atoms with Gasteiger partial charge in [0, 0.05) is 5.56 Å². The Morgan fingerprint density at radius 2 is 2.00 bits per heavy atom. The summed E-state index contributed by atoms with van der Waals surface area (Å²) in [6.07, 6.45) is 3.47. The molecule has 0 saturated heterocycles. The molecule has 14 heavy (non-hydrogen) atoms. The summed E-state index contributed by atoms with van der Waals surface area (Å²) in [5.41, 5.74) is 3.11. The zero-order valence-electron chi connectivity index (χ0n) is 8.94.